The molecule has 0 saturated carbocycles. The highest BCUT2D eigenvalue weighted by molar-refractivity contribution is 5.96. The summed E-state index contributed by atoms with van der Waals surface area (Å²) in [5.41, 5.74) is 6.97. The normalized spacial score (nSPS) is 12.4. The van der Waals surface area contributed by atoms with E-state index in [2.05, 4.69) is 5.32 Å². The van der Waals surface area contributed by atoms with E-state index in [0.29, 0.717) is 16.8 Å². The second-order valence-electron chi connectivity index (χ2n) is 4.18. The van der Waals surface area contributed by atoms with Gasteiger partial charge in [-0.25, -0.2) is 4.39 Å². The Labute approximate surface area is 113 Å². The van der Waals surface area contributed by atoms with Crippen LogP contribution in [-0.2, 0) is 11.3 Å². The summed E-state index contributed by atoms with van der Waals surface area (Å²) in [7, 11) is 0. The van der Waals surface area contributed by atoms with Crippen molar-refractivity contribution in [2.24, 2.45) is 5.73 Å². The number of carbonyl (C=O) groups is 1. The van der Waals surface area contributed by atoms with Crippen LogP contribution in [0.3, 0.4) is 0 Å². The summed E-state index contributed by atoms with van der Waals surface area (Å²) in [5, 5.41) is 2.66. The van der Waals surface area contributed by atoms with E-state index in [9.17, 15) is 9.18 Å². The molecule has 1 rings (SSSR count). The molecule has 3 nitrogen and oxygen atoms in total. The van der Waals surface area contributed by atoms with Crippen molar-refractivity contribution in [1.82, 2.24) is 5.32 Å². The lowest BCUT2D eigenvalue weighted by molar-refractivity contribution is -0.117. The molecule has 1 aromatic carbocycles. The van der Waals surface area contributed by atoms with Crippen LogP contribution < -0.4 is 11.1 Å². The zero-order valence-corrected chi connectivity index (χ0v) is 11.2. The summed E-state index contributed by atoms with van der Waals surface area (Å²) in [6, 6.07) is 6.34. The molecule has 0 aromatic heterocycles. The molecule has 0 bridgehead atoms. The molecule has 0 heterocycles. The van der Waals surface area contributed by atoms with Gasteiger partial charge >= 0.3 is 0 Å². The topological polar surface area (TPSA) is 55.1 Å². The van der Waals surface area contributed by atoms with Crippen molar-refractivity contribution < 1.29 is 9.18 Å². The highest BCUT2D eigenvalue weighted by atomic mass is 19.1. The van der Waals surface area contributed by atoms with Crippen LogP contribution in [0.15, 0.2) is 47.7 Å². The zero-order chi connectivity index (χ0) is 14.3. The van der Waals surface area contributed by atoms with E-state index in [-0.39, 0.29) is 18.3 Å². The lowest BCUT2D eigenvalue weighted by Gasteiger charge is -2.08. The minimum absolute atomic E-state index is 0.141. The molecular weight excluding hydrogens is 243 g/mol. The van der Waals surface area contributed by atoms with Gasteiger partial charge < -0.3 is 11.1 Å². The molecule has 0 atom stereocenters. The number of nitrogens with two attached hydrogens (primary N) is 1. The summed E-state index contributed by atoms with van der Waals surface area (Å²) in [5.74, 6) is -0.630. The van der Waals surface area contributed by atoms with Gasteiger partial charge in [-0.3, -0.25) is 4.79 Å². The van der Waals surface area contributed by atoms with Crippen molar-refractivity contribution >= 4 is 5.91 Å². The third-order valence-electron chi connectivity index (χ3n) is 2.59. The number of allylic oxidation sites excluding steroid dienone is 2. The predicted octanol–water partition coefficient (Wildman–Crippen LogP) is 2.64. The second kappa shape index (κ2) is 7.36. The Kier molecular flexibility index (Phi) is 5.79. The number of amides is 1. The maximum atomic E-state index is 13.4. The van der Waals surface area contributed by atoms with Gasteiger partial charge in [0.05, 0.1) is 5.57 Å². The molecule has 1 aromatic rings. The lowest BCUT2D eigenvalue weighted by Crippen LogP contribution is -2.26. The average Bonchev–Trinajstić information content (AvgIpc) is 2.38. The van der Waals surface area contributed by atoms with Crippen molar-refractivity contribution in [2.45, 2.75) is 26.8 Å². The summed E-state index contributed by atoms with van der Waals surface area (Å²) in [6.07, 6.45) is 4.36. The number of halogens is 1. The third-order valence-corrected chi connectivity index (χ3v) is 2.59. The molecule has 0 saturated heterocycles. The van der Waals surface area contributed by atoms with Gasteiger partial charge in [0, 0.05) is 17.8 Å². The Hall–Kier alpha value is -2.10. The SMILES string of the molecule is CC/C=C\C(C(=O)NCc1ccccc1F)=C(/C)N. The molecule has 0 unspecified atom stereocenters. The molecule has 0 aliphatic carbocycles. The van der Waals surface area contributed by atoms with Crippen LogP contribution in [0.5, 0.6) is 0 Å². The maximum Gasteiger partial charge on any atom is 0.253 e. The van der Waals surface area contributed by atoms with Crippen LogP contribution in [0.2, 0.25) is 0 Å². The Morgan fingerprint density at radius 3 is 2.68 bits per heavy atom. The summed E-state index contributed by atoms with van der Waals surface area (Å²) < 4.78 is 13.4. The fourth-order valence-corrected chi connectivity index (χ4v) is 1.53. The zero-order valence-electron chi connectivity index (χ0n) is 11.2. The molecule has 0 radical (unpaired) electrons. The Balaban J connectivity index is 2.72. The second-order valence-corrected chi connectivity index (χ2v) is 4.18. The molecule has 0 aliphatic rings. The van der Waals surface area contributed by atoms with Gasteiger partial charge in [-0.05, 0) is 19.4 Å². The van der Waals surface area contributed by atoms with E-state index >= 15 is 0 Å². The first kappa shape index (κ1) is 15.0. The van der Waals surface area contributed by atoms with E-state index in [1.54, 1.807) is 31.2 Å². The molecule has 102 valence electrons. The van der Waals surface area contributed by atoms with E-state index in [0.717, 1.165) is 6.42 Å². The minimum Gasteiger partial charge on any atom is -0.402 e. The van der Waals surface area contributed by atoms with Crippen LogP contribution in [0.25, 0.3) is 0 Å². The van der Waals surface area contributed by atoms with Crippen molar-refractivity contribution in [3.05, 3.63) is 59.1 Å². The van der Waals surface area contributed by atoms with Gasteiger partial charge in [-0.2, -0.15) is 0 Å². The number of hydrogen-bond acceptors (Lipinski definition) is 2. The van der Waals surface area contributed by atoms with Crippen LogP contribution >= 0.6 is 0 Å². The highest BCUT2D eigenvalue weighted by Gasteiger charge is 2.09. The summed E-state index contributed by atoms with van der Waals surface area (Å²) in [6.45, 7) is 3.78. The van der Waals surface area contributed by atoms with Gasteiger partial charge in [0.2, 0.25) is 0 Å². The van der Waals surface area contributed by atoms with E-state index in [1.807, 2.05) is 13.0 Å². The van der Waals surface area contributed by atoms with Crippen LogP contribution in [0, 0.1) is 5.82 Å². The third kappa shape index (κ3) is 4.58. The summed E-state index contributed by atoms with van der Waals surface area (Å²) in [4.78, 5) is 12.0. The average molecular weight is 262 g/mol. The van der Waals surface area contributed by atoms with Gasteiger partial charge in [0.1, 0.15) is 5.82 Å². The number of rotatable bonds is 5. The van der Waals surface area contributed by atoms with Crippen LogP contribution in [-0.4, -0.2) is 5.91 Å². The monoisotopic (exact) mass is 262 g/mol. The highest BCUT2D eigenvalue weighted by Crippen LogP contribution is 2.07. The fourth-order valence-electron chi connectivity index (χ4n) is 1.53. The van der Waals surface area contributed by atoms with Crippen LogP contribution in [0.4, 0.5) is 4.39 Å². The lowest BCUT2D eigenvalue weighted by atomic mass is 10.1. The summed E-state index contributed by atoms with van der Waals surface area (Å²) >= 11 is 0. The minimum atomic E-state index is -0.332. The first-order valence-electron chi connectivity index (χ1n) is 6.20. The first-order chi connectivity index (χ1) is 9.06. The first-order valence-corrected chi connectivity index (χ1v) is 6.20. The molecular formula is C15H19FN2O. The van der Waals surface area contributed by atoms with Crippen molar-refractivity contribution in [3.8, 4) is 0 Å². The standard InChI is InChI=1S/C15H19FN2O/c1-3-4-8-13(11(2)17)15(19)18-10-12-7-5-6-9-14(12)16/h4-9H,3,10,17H2,1-2H3,(H,18,19)/b8-4-,13-11-. The number of hydrogen-bond donors (Lipinski definition) is 2. The quantitative estimate of drug-likeness (QED) is 0.633. The molecule has 19 heavy (non-hydrogen) atoms. The molecule has 0 spiro atoms. The Morgan fingerprint density at radius 1 is 1.42 bits per heavy atom. The van der Waals surface area contributed by atoms with Gasteiger partial charge in [-0.1, -0.05) is 37.3 Å². The predicted molar refractivity (Wildman–Crippen MR) is 74.6 cm³/mol. The van der Waals surface area contributed by atoms with Crippen molar-refractivity contribution in [1.29, 1.82) is 0 Å². The van der Waals surface area contributed by atoms with E-state index in [1.165, 1.54) is 6.07 Å². The number of benzene rings is 1. The molecule has 1 amide bonds. The largest absolute Gasteiger partial charge is 0.402 e. The maximum absolute atomic E-state index is 13.4. The van der Waals surface area contributed by atoms with Gasteiger partial charge in [0.25, 0.3) is 5.91 Å². The smallest absolute Gasteiger partial charge is 0.253 e. The Bertz CT molecular complexity index is 503. The van der Waals surface area contributed by atoms with Gasteiger partial charge in [0.15, 0.2) is 0 Å². The Morgan fingerprint density at radius 2 is 2.11 bits per heavy atom. The van der Waals surface area contributed by atoms with E-state index < -0.39 is 0 Å². The number of nitrogens with one attached hydrogen (secondary N) is 1. The van der Waals surface area contributed by atoms with Crippen molar-refractivity contribution in [3.63, 3.8) is 0 Å². The molecule has 0 fully saturated rings. The number of carbonyl (C=O) groups excluding carboxylic acids is 1. The molecule has 0 aliphatic heterocycles. The van der Waals surface area contributed by atoms with E-state index in [4.69, 9.17) is 5.73 Å². The fraction of sp³-hybridized carbons (Fsp3) is 0.267. The molecule has 3 N–H and O–H groups in total. The van der Waals surface area contributed by atoms with Crippen LogP contribution in [0.1, 0.15) is 25.8 Å². The van der Waals surface area contributed by atoms with Crippen molar-refractivity contribution in [2.75, 3.05) is 0 Å². The van der Waals surface area contributed by atoms with Gasteiger partial charge in [-0.15, -0.1) is 0 Å². The molecule has 4 heteroatoms.